The molecule has 1 N–H and O–H groups in total. The van der Waals surface area contributed by atoms with Crippen LogP contribution < -0.4 is 4.74 Å². The van der Waals surface area contributed by atoms with Gasteiger partial charge in [-0.05, 0) is 32.9 Å². The first-order chi connectivity index (χ1) is 10.2. The van der Waals surface area contributed by atoms with Crippen LogP contribution in [-0.2, 0) is 19.1 Å². The minimum atomic E-state index is -1.37. The molecule has 6 heteroatoms. The second-order valence-corrected chi connectivity index (χ2v) is 5.81. The Morgan fingerprint density at radius 3 is 2.23 bits per heavy atom. The van der Waals surface area contributed by atoms with Crippen molar-refractivity contribution >= 4 is 17.9 Å². The van der Waals surface area contributed by atoms with Gasteiger partial charge in [0.05, 0.1) is 11.8 Å². The maximum Gasteiger partial charge on any atom is 0.345 e. The molecule has 0 spiro atoms. The zero-order chi connectivity index (χ0) is 16.8. The number of ether oxygens (including phenoxy) is 2. The fourth-order valence-electron chi connectivity index (χ4n) is 1.46. The molecule has 0 fully saturated rings. The lowest BCUT2D eigenvalue weighted by Crippen LogP contribution is -2.33. The number of rotatable bonds is 6. The molecule has 0 aliphatic rings. The van der Waals surface area contributed by atoms with E-state index in [9.17, 15) is 14.4 Å². The SMILES string of the molecule is CC(C)(C)C(=O)OC(CCC(=O)Oc1ccccc1)C(=O)O. The molecule has 1 aromatic rings. The van der Waals surface area contributed by atoms with Crippen molar-refractivity contribution < 1.29 is 29.0 Å². The highest BCUT2D eigenvalue weighted by atomic mass is 16.6. The van der Waals surface area contributed by atoms with Gasteiger partial charge < -0.3 is 14.6 Å². The summed E-state index contributed by atoms with van der Waals surface area (Å²) in [7, 11) is 0. The van der Waals surface area contributed by atoms with Crippen LogP contribution in [-0.4, -0.2) is 29.1 Å². The van der Waals surface area contributed by atoms with Crippen molar-refractivity contribution in [2.24, 2.45) is 5.41 Å². The highest BCUT2D eigenvalue weighted by Crippen LogP contribution is 2.18. The molecule has 1 atom stereocenters. The van der Waals surface area contributed by atoms with Crippen molar-refractivity contribution in [3.05, 3.63) is 30.3 Å². The summed E-state index contributed by atoms with van der Waals surface area (Å²) in [6.07, 6.45) is -1.67. The Morgan fingerprint density at radius 1 is 1.14 bits per heavy atom. The van der Waals surface area contributed by atoms with Gasteiger partial charge in [0.15, 0.2) is 6.10 Å². The first-order valence-electron chi connectivity index (χ1n) is 6.90. The van der Waals surface area contributed by atoms with Crippen LogP contribution in [0.5, 0.6) is 5.75 Å². The van der Waals surface area contributed by atoms with Crippen molar-refractivity contribution in [1.82, 2.24) is 0 Å². The molecule has 0 amide bonds. The van der Waals surface area contributed by atoms with E-state index in [4.69, 9.17) is 14.6 Å². The minimum absolute atomic E-state index is 0.136. The summed E-state index contributed by atoms with van der Waals surface area (Å²) in [6.45, 7) is 4.87. The van der Waals surface area contributed by atoms with Gasteiger partial charge in [-0.3, -0.25) is 9.59 Å². The van der Waals surface area contributed by atoms with Crippen molar-refractivity contribution in [1.29, 1.82) is 0 Å². The normalized spacial score (nSPS) is 12.3. The van der Waals surface area contributed by atoms with Crippen LogP contribution in [0.1, 0.15) is 33.6 Å². The number of esters is 2. The topological polar surface area (TPSA) is 89.9 Å². The van der Waals surface area contributed by atoms with E-state index >= 15 is 0 Å². The van der Waals surface area contributed by atoms with Crippen LogP contribution in [0.3, 0.4) is 0 Å². The van der Waals surface area contributed by atoms with Gasteiger partial charge in [-0.2, -0.15) is 0 Å². The van der Waals surface area contributed by atoms with Gasteiger partial charge in [0.1, 0.15) is 5.75 Å². The van der Waals surface area contributed by atoms with E-state index < -0.39 is 29.4 Å². The van der Waals surface area contributed by atoms with Crippen molar-refractivity contribution in [3.8, 4) is 5.75 Å². The van der Waals surface area contributed by atoms with Crippen LogP contribution in [0.25, 0.3) is 0 Å². The number of hydrogen-bond donors (Lipinski definition) is 1. The second kappa shape index (κ2) is 7.59. The summed E-state index contributed by atoms with van der Waals surface area (Å²) in [6, 6.07) is 8.45. The van der Waals surface area contributed by atoms with Crippen LogP contribution in [0.2, 0.25) is 0 Å². The van der Waals surface area contributed by atoms with Gasteiger partial charge in [0.2, 0.25) is 0 Å². The van der Waals surface area contributed by atoms with Gasteiger partial charge in [-0.15, -0.1) is 0 Å². The largest absolute Gasteiger partial charge is 0.479 e. The Labute approximate surface area is 129 Å². The van der Waals surface area contributed by atoms with Gasteiger partial charge in [0.25, 0.3) is 0 Å². The molecule has 22 heavy (non-hydrogen) atoms. The molecule has 0 saturated carbocycles. The fourth-order valence-corrected chi connectivity index (χ4v) is 1.46. The monoisotopic (exact) mass is 308 g/mol. The van der Waals surface area contributed by atoms with Crippen LogP contribution >= 0.6 is 0 Å². The van der Waals surface area contributed by atoms with Crippen LogP contribution in [0.4, 0.5) is 0 Å². The average Bonchev–Trinajstić information content (AvgIpc) is 2.42. The number of benzene rings is 1. The predicted molar refractivity (Wildman–Crippen MR) is 78.3 cm³/mol. The molecule has 0 heterocycles. The molecule has 0 aromatic heterocycles. The third kappa shape index (κ3) is 5.95. The highest BCUT2D eigenvalue weighted by molar-refractivity contribution is 5.81. The molecule has 120 valence electrons. The van der Waals surface area contributed by atoms with Gasteiger partial charge >= 0.3 is 17.9 Å². The lowest BCUT2D eigenvalue weighted by Gasteiger charge is -2.20. The first-order valence-corrected chi connectivity index (χ1v) is 6.90. The third-order valence-electron chi connectivity index (χ3n) is 2.72. The summed E-state index contributed by atoms with van der Waals surface area (Å²) in [4.78, 5) is 34.5. The van der Waals surface area contributed by atoms with Crippen LogP contribution in [0, 0.1) is 5.41 Å². The molecule has 0 aliphatic heterocycles. The maximum atomic E-state index is 11.7. The molecule has 0 radical (unpaired) electrons. The molecule has 0 bridgehead atoms. The number of hydrogen-bond acceptors (Lipinski definition) is 5. The minimum Gasteiger partial charge on any atom is -0.479 e. The van der Waals surface area contributed by atoms with E-state index in [0.29, 0.717) is 5.75 Å². The van der Waals surface area contributed by atoms with Crippen LogP contribution in [0.15, 0.2) is 30.3 Å². The molecule has 1 rings (SSSR count). The number of carbonyl (C=O) groups is 3. The molecule has 6 nitrogen and oxygen atoms in total. The second-order valence-electron chi connectivity index (χ2n) is 5.81. The van der Waals surface area contributed by atoms with E-state index in [1.165, 1.54) is 0 Å². The number of aliphatic carboxylic acids is 1. The Hall–Kier alpha value is -2.37. The highest BCUT2D eigenvalue weighted by Gasteiger charge is 2.30. The van der Waals surface area contributed by atoms with E-state index in [-0.39, 0.29) is 12.8 Å². The van der Waals surface area contributed by atoms with Crippen molar-refractivity contribution in [2.45, 2.75) is 39.7 Å². The Morgan fingerprint density at radius 2 is 1.73 bits per heavy atom. The lowest BCUT2D eigenvalue weighted by atomic mass is 9.97. The summed E-state index contributed by atoms with van der Waals surface area (Å²) < 4.78 is 9.98. The summed E-state index contributed by atoms with van der Waals surface area (Å²) >= 11 is 0. The van der Waals surface area contributed by atoms with E-state index in [1.807, 2.05) is 0 Å². The van der Waals surface area contributed by atoms with Gasteiger partial charge in [0, 0.05) is 6.42 Å². The van der Waals surface area contributed by atoms with E-state index in [1.54, 1.807) is 51.1 Å². The summed E-state index contributed by atoms with van der Waals surface area (Å²) in [5, 5.41) is 9.06. The zero-order valence-corrected chi connectivity index (χ0v) is 12.9. The number of para-hydroxylation sites is 1. The Kier molecular flexibility index (Phi) is 6.10. The Bertz CT molecular complexity index is 529. The molecule has 0 saturated heterocycles. The molecule has 1 unspecified atom stereocenters. The third-order valence-corrected chi connectivity index (χ3v) is 2.72. The molecular weight excluding hydrogens is 288 g/mol. The lowest BCUT2D eigenvalue weighted by molar-refractivity contribution is -0.170. The smallest absolute Gasteiger partial charge is 0.345 e. The number of carbonyl (C=O) groups excluding carboxylic acids is 2. The van der Waals surface area contributed by atoms with Gasteiger partial charge in [-0.1, -0.05) is 18.2 Å². The molecule has 1 aromatic carbocycles. The maximum absolute atomic E-state index is 11.7. The molecule has 0 aliphatic carbocycles. The average molecular weight is 308 g/mol. The predicted octanol–water partition coefficient (Wildman–Crippen LogP) is 2.41. The number of carboxylic acid groups (broad SMARTS) is 1. The van der Waals surface area contributed by atoms with Crippen molar-refractivity contribution in [3.63, 3.8) is 0 Å². The standard InChI is InChI=1S/C16H20O6/c1-16(2,3)15(20)22-12(14(18)19)9-10-13(17)21-11-7-5-4-6-8-11/h4-8,12H,9-10H2,1-3H3,(H,18,19). The fraction of sp³-hybridized carbons (Fsp3) is 0.438. The molecular formula is C16H20O6. The summed E-state index contributed by atoms with van der Waals surface area (Å²) in [5.41, 5.74) is -0.807. The summed E-state index contributed by atoms with van der Waals surface area (Å²) in [5.74, 6) is -2.11. The quantitative estimate of drug-likeness (QED) is 0.641. The van der Waals surface area contributed by atoms with E-state index in [0.717, 1.165) is 0 Å². The number of carboxylic acids is 1. The van der Waals surface area contributed by atoms with Gasteiger partial charge in [-0.25, -0.2) is 4.79 Å². The first kappa shape index (κ1) is 17.7. The van der Waals surface area contributed by atoms with E-state index in [2.05, 4.69) is 0 Å². The zero-order valence-electron chi connectivity index (χ0n) is 12.9. The van der Waals surface area contributed by atoms with Crippen molar-refractivity contribution in [2.75, 3.05) is 0 Å². The Balaban J connectivity index is 2.52.